The number of hydrogen-bond donors (Lipinski definition) is 0. The molecule has 0 N–H and O–H groups in total. The number of rotatable bonds is 5. The third kappa shape index (κ3) is 4.18. The summed E-state index contributed by atoms with van der Waals surface area (Å²) in [6.45, 7) is 1.70. The van der Waals surface area contributed by atoms with Crippen LogP contribution >= 0.6 is 11.6 Å². The maximum absolute atomic E-state index is 12.4. The zero-order valence-electron chi connectivity index (χ0n) is 12.5. The molecular formula is C17H18ClNO2S. The van der Waals surface area contributed by atoms with Gasteiger partial charge in [-0.2, -0.15) is 0 Å². The average Bonchev–Trinajstić information content (AvgIpc) is 2.53. The van der Waals surface area contributed by atoms with E-state index in [2.05, 4.69) is 0 Å². The van der Waals surface area contributed by atoms with E-state index in [1.807, 2.05) is 42.5 Å². The zero-order chi connectivity index (χ0) is 16.1. The number of carbonyl (C=O) groups is 1. The fraction of sp³-hybridized carbons (Fsp3) is 0.235. The molecule has 1 amide bonds. The lowest BCUT2D eigenvalue weighted by atomic mass is 10.2. The van der Waals surface area contributed by atoms with Crippen LogP contribution in [0.1, 0.15) is 12.5 Å². The number of halogens is 1. The van der Waals surface area contributed by atoms with Crippen LogP contribution in [0.5, 0.6) is 0 Å². The molecule has 2 aromatic carbocycles. The Hall–Kier alpha value is -1.65. The third-order valence-corrected chi connectivity index (χ3v) is 5.26. The predicted molar refractivity (Wildman–Crippen MR) is 92.6 cm³/mol. The van der Waals surface area contributed by atoms with Gasteiger partial charge in [0.25, 0.3) is 0 Å². The van der Waals surface area contributed by atoms with Gasteiger partial charge in [-0.25, -0.2) is 0 Å². The molecule has 0 spiro atoms. The molecule has 0 fully saturated rings. The van der Waals surface area contributed by atoms with E-state index in [-0.39, 0.29) is 5.91 Å². The number of nitrogens with zero attached hydrogens (tertiary/aromatic N) is 1. The number of hydrogen-bond acceptors (Lipinski definition) is 2. The molecule has 5 heteroatoms. The fourth-order valence-electron chi connectivity index (χ4n) is 2.08. The number of carbonyl (C=O) groups excluding carboxylic acids is 1. The summed E-state index contributed by atoms with van der Waals surface area (Å²) in [4.78, 5) is 14.0. The Morgan fingerprint density at radius 2 is 1.86 bits per heavy atom. The molecule has 2 aromatic rings. The molecule has 0 radical (unpaired) electrons. The van der Waals surface area contributed by atoms with Crippen molar-refractivity contribution in [1.29, 1.82) is 0 Å². The van der Waals surface area contributed by atoms with Gasteiger partial charge in [0.15, 0.2) is 0 Å². The van der Waals surface area contributed by atoms with E-state index >= 15 is 0 Å². The fourth-order valence-corrected chi connectivity index (χ4v) is 3.43. The molecule has 2 atom stereocenters. The molecule has 0 saturated heterocycles. The lowest BCUT2D eigenvalue weighted by Crippen LogP contribution is -2.37. The van der Waals surface area contributed by atoms with E-state index in [0.717, 1.165) is 11.3 Å². The Bertz CT molecular complexity index is 675. The Balaban J connectivity index is 2.05. The van der Waals surface area contributed by atoms with Crippen molar-refractivity contribution in [2.24, 2.45) is 0 Å². The summed E-state index contributed by atoms with van der Waals surface area (Å²) in [6, 6.07) is 16.6. The summed E-state index contributed by atoms with van der Waals surface area (Å²) in [5.41, 5.74) is 1.66. The van der Waals surface area contributed by atoms with E-state index in [4.69, 9.17) is 11.6 Å². The van der Waals surface area contributed by atoms with Crippen molar-refractivity contribution in [3.05, 3.63) is 65.2 Å². The van der Waals surface area contributed by atoms with Crippen LogP contribution in [0.25, 0.3) is 0 Å². The predicted octanol–water partition coefficient (Wildman–Crippen LogP) is 3.64. The smallest absolute Gasteiger partial charge is 0.242 e. The molecule has 0 aliphatic heterocycles. The number of benzene rings is 2. The van der Waals surface area contributed by atoms with Crippen LogP contribution < -0.4 is 4.90 Å². The first-order valence-electron chi connectivity index (χ1n) is 6.93. The van der Waals surface area contributed by atoms with Crippen molar-refractivity contribution in [2.75, 3.05) is 11.9 Å². The van der Waals surface area contributed by atoms with Gasteiger partial charge in [-0.3, -0.25) is 9.00 Å². The molecule has 3 nitrogen and oxygen atoms in total. The SMILES string of the molecule is C[C@H](C(=O)N(C)c1ccccc1)[S@](=O)Cc1cccc(Cl)c1. The van der Waals surface area contributed by atoms with Gasteiger partial charge in [-0.1, -0.05) is 41.9 Å². The molecule has 0 bridgehead atoms. The van der Waals surface area contributed by atoms with Gasteiger partial charge in [-0.05, 0) is 36.8 Å². The highest BCUT2D eigenvalue weighted by molar-refractivity contribution is 7.85. The van der Waals surface area contributed by atoms with Crippen LogP contribution in [0.3, 0.4) is 0 Å². The number of anilines is 1. The van der Waals surface area contributed by atoms with Crippen LogP contribution in [-0.2, 0) is 21.3 Å². The minimum atomic E-state index is -1.30. The Labute approximate surface area is 138 Å². The molecule has 0 unspecified atom stereocenters. The van der Waals surface area contributed by atoms with Crippen molar-refractivity contribution < 1.29 is 9.00 Å². The van der Waals surface area contributed by atoms with Crippen molar-refractivity contribution in [3.8, 4) is 0 Å². The van der Waals surface area contributed by atoms with Crippen molar-refractivity contribution in [3.63, 3.8) is 0 Å². The van der Waals surface area contributed by atoms with E-state index in [1.165, 1.54) is 0 Å². The highest BCUT2D eigenvalue weighted by atomic mass is 35.5. The normalized spacial score (nSPS) is 13.4. The summed E-state index contributed by atoms with van der Waals surface area (Å²) in [5, 5.41) is 0.0269. The summed E-state index contributed by atoms with van der Waals surface area (Å²) in [7, 11) is 0.401. The quantitative estimate of drug-likeness (QED) is 0.836. The van der Waals surface area contributed by atoms with Crippen LogP contribution in [0.2, 0.25) is 5.02 Å². The first kappa shape index (κ1) is 16.7. The molecule has 0 aromatic heterocycles. The maximum Gasteiger partial charge on any atom is 0.242 e. The molecule has 116 valence electrons. The minimum Gasteiger partial charge on any atom is -0.314 e. The van der Waals surface area contributed by atoms with E-state index in [9.17, 15) is 9.00 Å². The summed E-state index contributed by atoms with van der Waals surface area (Å²) >= 11 is 5.93. The molecule has 0 aliphatic rings. The van der Waals surface area contributed by atoms with E-state index in [0.29, 0.717) is 10.8 Å². The van der Waals surface area contributed by atoms with Gasteiger partial charge in [0.05, 0.1) is 0 Å². The second-order valence-electron chi connectivity index (χ2n) is 5.03. The Morgan fingerprint density at radius 1 is 1.18 bits per heavy atom. The average molecular weight is 336 g/mol. The van der Waals surface area contributed by atoms with Gasteiger partial charge in [0.1, 0.15) is 5.25 Å². The standard InChI is InChI=1S/C17H18ClNO2S/c1-13(17(20)19(2)16-9-4-3-5-10-16)22(21)12-14-7-6-8-15(18)11-14/h3-11,13H,12H2,1-2H3/t13-,22-/m1/s1. The molecule has 0 aliphatic carbocycles. The third-order valence-electron chi connectivity index (χ3n) is 3.41. The summed E-state index contributed by atoms with van der Waals surface area (Å²) < 4.78 is 12.4. The molecular weight excluding hydrogens is 318 g/mol. The summed E-state index contributed by atoms with van der Waals surface area (Å²) in [6.07, 6.45) is 0. The molecule has 2 rings (SSSR count). The number of para-hydroxylation sites is 1. The van der Waals surface area contributed by atoms with Crippen molar-refractivity contribution >= 4 is 34.0 Å². The lowest BCUT2D eigenvalue weighted by Gasteiger charge is -2.21. The first-order chi connectivity index (χ1) is 10.5. The van der Waals surface area contributed by atoms with Gasteiger partial charge in [-0.15, -0.1) is 0 Å². The van der Waals surface area contributed by atoms with Gasteiger partial charge < -0.3 is 4.90 Å². The van der Waals surface area contributed by atoms with Crippen molar-refractivity contribution in [1.82, 2.24) is 0 Å². The van der Waals surface area contributed by atoms with Crippen LogP contribution in [0.4, 0.5) is 5.69 Å². The van der Waals surface area contributed by atoms with E-state index in [1.54, 1.807) is 31.0 Å². The number of amides is 1. The van der Waals surface area contributed by atoms with Crippen LogP contribution in [0.15, 0.2) is 54.6 Å². The molecule has 0 heterocycles. The highest BCUT2D eigenvalue weighted by Gasteiger charge is 2.24. The maximum atomic E-state index is 12.4. The topological polar surface area (TPSA) is 37.4 Å². The zero-order valence-corrected chi connectivity index (χ0v) is 14.1. The monoisotopic (exact) mass is 335 g/mol. The van der Waals surface area contributed by atoms with Crippen molar-refractivity contribution in [2.45, 2.75) is 17.9 Å². The van der Waals surface area contributed by atoms with Gasteiger partial charge in [0.2, 0.25) is 5.91 Å². The highest BCUT2D eigenvalue weighted by Crippen LogP contribution is 2.17. The van der Waals surface area contributed by atoms with Crippen LogP contribution in [0, 0.1) is 0 Å². The summed E-state index contributed by atoms with van der Waals surface area (Å²) in [5.74, 6) is 0.155. The molecule has 0 saturated carbocycles. The Morgan fingerprint density at radius 3 is 2.50 bits per heavy atom. The first-order valence-corrected chi connectivity index (χ1v) is 8.69. The van der Waals surface area contributed by atoms with Gasteiger partial charge >= 0.3 is 0 Å². The minimum absolute atomic E-state index is 0.161. The largest absolute Gasteiger partial charge is 0.314 e. The lowest BCUT2D eigenvalue weighted by molar-refractivity contribution is -0.117. The van der Waals surface area contributed by atoms with Crippen LogP contribution in [-0.4, -0.2) is 22.4 Å². The Kier molecular flexibility index (Phi) is 5.75. The van der Waals surface area contributed by atoms with E-state index < -0.39 is 16.0 Å². The second-order valence-corrected chi connectivity index (χ2v) is 7.22. The van der Waals surface area contributed by atoms with Gasteiger partial charge in [0, 0.05) is 34.3 Å². The second kappa shape index (κ2) is 7.56. The molecule has 22 heavy (non-hydrogen) atoms.